The Morgan fingerprint density at radius 3 is 2.76 bits per heavy atom. The molecular formula is C21H28N6O2. The van der Waals surface area contributed by atoms with E-state index < -0.39 is 0 Å². The monoisotopic (exact) mass is 396 g/mol. The summed E-state index contributed by atoms with van der Waals surface area (Å²) in [4.78, 5) is 24.2. The first-order chi connectivity index (χ1) is 14.1. The van der Waals surface area contributed by atoms with Crippen molar-refractivity contribution >= 4 is 17.1 Å². The van der Waals surface area contributed by atoms with Crippen LogP contribution in [-0.4, -0.2) is 54.4 Å². The van der Waals surface area contributed by atoms with E-state index in [1.54, 1.807) is 6.20 Å². The number of aromatic nitrogens is 5. The van der Waals surface area contributed by atoms with Crippen LogP contribution in [0.15, 0.2) is 31.0 Å². The molecule has 29 heavy (non-hydrogen) atoms. The summed E-state index contributed by atoms with van der Waals surface area (Å²) in [6.45, 7) is 8.94. The summed E-state index contributed by atoms with van der Waals surface area (Å²) in [6.07, 6.45) is 9.23. The molecule has 0 atom stereocenters. The van der Waals surface area contributed by atoms with E-state index in [2.05, 4.69) is 19.6 Å². The molecular weight excluding hydrogens is 368 g/mol. The molecule has 0 N–H and O–H groups in total. The van der Waals surface area contributed by atoms with Crippen molar-refractivity contribution in [3.8, 4) is 0 Å². The topological polar surface area (TPSA) is 78.1 Å². The molecule has 4 heterocycles. The summed E-state index contributed by atoms with van der Waals surface area (Å²) in [7, 11) is 0. The van der Waals surface area contributed by atoms with Crippen molar-refractivity contribution in [3.63, 3.8) is 0 Å². The predicted octanol–water partition coefficient (Wildman–Crippen LogP) is 3.05. The van der Waals surface area contributed by atoms with E-state index in [9.17, 15) is 4.79 Å². The van der Waals surface area contributed by atoms with Gasteiger partial charge in [-0.15, -0.1) is 0 Å². The molecule has 1 aliphatic rings. The van der Waals surface area contributed by atoms with Crippen molar-refractivity contribution in [1.29, 1.82) is 0 Å². The number of aryl methyl sites for hydroxylation is 1. The van der Waals surface area contributed by atoms with Crippen molar-refractivity contribution in [2.75, 3.05) is 13.2 Å². The van der Waals surface area contributed by atoms with E-state index in [0.717, 1.165) is 49.3 Å². The molecule has 0 aromatic carbocycles. The van der Waals surface area contributed by atoms with Crippen molar-refractivity contribution in [1.82, 2.24) is 29.2 Å². The van der Waals surface area contributed by atoms with Crippen LogP contribution >= 0.6 is 0 Å². The van der Waals surface area contributed by atoms with Crippen molar-refractivity contribution in [3.05, 3.63) is 42.1 Å². The third-order valence-electron chi connectivity index (χ3n) is 5.49. The smallest absolute Gasteiger partial charge is 0.256 e. The van der Waals surface area contributed by atoms with Gasteiger partial charge in [-0.25, -0.2) is 9.97 Å². The van der Waals surface area contributed by atoms with E-state index >= 15 is 0 Å². The SMILES string of the molecule is CCn1cc(CN(C(=O)c2cnc3c(c2)ncn3C2CCOCC2)C(C)C)cn1. The zero-order valence-corrected chi connectivity index (χ0v) is 17.3. The molecule has 3 aromatic rings. The molecule has 4 rings (SSSR count). The Morgan fingerprint density at radius 2 is 2.07 bits per heavy atom. The average Bonchev–Trinajstić information content (AvgIpc) is 3.38. The van der Waals surface area contributed by atoms with Gasteiger partial charge in [-0.05, 0) is 39.7 Å². The molecule has 0 spiro atoms. The van der Waals surface area contributed by atoms with Crippen molar-refractivity contribution in [2.45, 2.75) is 58.8 Å². The second kappa shape index (κ2) is 8.32. The molecule has 1 fully saturated rings. The number of carbonyl (C=O) groups excluding carboxylic acids is 1. The number of hydrogen-bond donors (Lipinski definition) is 0. The van der Waals surface area contributed by atoms with Crippen LogP contribution in [-0.2, 0) is 17.8 Å². The number of carbonyl (C=O) groups is 1. The third-order valence-corrected chi connectivity index (χ3v) is 5.49. The van der Waals surface area contributed by atoms with E-state index in [1.807, 2.05) is 55.1 Å². The van der Waals surface area contributed by atoms with E-state index in [-0.39, 0.29) is 11.9 Å². The Bertz CT molecular complexity index is 986. The lowest BCUT2D eigenvalue weighted by Gasteiger charge is -2.26. The van der Waals surface area contributed by atoms with Crippen LogP contribution in [0.4, 0.5) is 0 Å². The normalized spacial score (nSPS) is 15.3. The number of fused-ring (bicyclic) bond motifs is 1. The van der Waals surface area contributed by atoms with Crippen molar-refractivity contribution < 1.29 is 9.53 Å². The number of ether oxygens (including phenoxy) is 1. The van der Waals surface area contributed by atoms with Crippen LogP contribution < -0.4 is 0 Å². The molecule has 0 saturated carbocycles. The highest BCUT2D eigenvalue weighted by Crippen LogP contribution is 2.25. The Labute approximate surface area is 170 Å². The van der Waals surface area contributed by atoms with Gasteiger partial charge < -0.3 is 14.2 Å². The highest BCUT2D eigenvalue weighted by atomic mass is 16.5. The van der Waals surface area contributed by atoms with Crippen LogP contribution in [0.3, 0.4) is 0 Å². The fraction of sp³-hybridized carbons (Fsp3) is 0.524. The molecule has 1 aliphatic heterocycles. The summed E-state index contributed by atoms with van der Waals surface area (Å²) in [6, 6.07) is 2.26. The molecule has 3 aromatic heterocycles. The Balaban J connectivity index is 1.57. The molecule has 1 amide bonds. The first kappa shape index (κ1) is 19.6. The fourth-order valence-electron chi connectivity index (χ4n) is 3.78. The second-order valence-corrected chi connectivity index (χ2v) is 7.79. The zero-order valence-electron chi connectivity index (χ0n) is 17.3. The molecule has 154 valence electrons. The van der Waals surface area contributed by atoms with E-state index in [0.29, 0.717) is 18.2 Å². The molecule has 0 radical (unpaired) electrons. The van der Waals surface area contributed by atoms with Gasteiger partial charge in [-0.2, -0.15) is 5.10 Å². The van der Waals surface area contributed by atoms with Crippen LogP contribution in [0.2, 0.25) is 0 Å². The minimum atomic E-state index is -0.0423. The lowest BCUT2D eigenvalue weighted by atomic mass is 10.1. The first-order valence-electron chi connectivity index (χ1n) is 10.3. The van der Waals surface area contributed by atoms with E-state index in [1.165, 1.54) is 0 Å². The maximum atomic E-state index is 13.2. The summed E-state index contributed by atoms with van der Waals surface area (Å²) in [5, 5.41) is 4.31. The summed E-state index contributed by atoms with van der Waals surface area (Å²) in [5.74, 6) is -0.0423. The molecule has 1 saturated heterocycles. The van der Waals surface area contributed by atoms with Gasteiger partial charge in [0, 0.05) is 56.3 Å². The van der Waals surface area contributed by atoms with Gasteiger partial charge >= 0.3 is 0 Å². The van der Waals surface area contributed by atoms with Crippen molar-refractivity contribution in [2.24, 2.45) is 0 Å². The lowest BCUT2D eigenvalue weighted by molar-refractivity contribution is 0.0690. The number of nitrogens with zero attached hydrogens (tertiary/aromatic N) is 6. The molecule has 8 nitrogen and oxygen atoms in total. The number of hydrogen-bond acceptors (Lipinski definition) is 5. The Morgan fingerprint density at radius 1 is 1.28 bits per heavy atom. The molecule has 0 bridgehead atoms. The molecule has 0 aliphatic carbocycles. The Kier molecular flexibility index (Phi) is 5.62. The lowest BCUT2D eigenvalue weighted by Crippen LogP contribution is -2.36. The van der Waals surface area contributed by atoms with Gasteiger partial charge in [0.25, 0.3) is 5.91 Å². The van der Waals surface area contributed by atoms with Gasteiger partial charge in [0.1, 0.15) is 5.52 Å². The average molecular weight is 396 g/mol. The van der Waals surface area contributed by atoms with Crippen LogP contribution in [0.1, 0.15) is 55.6 Å². The Hall–Kier alpha value is -2.74. The van der Waals surface area contributed by atoms with Crippen LogP contribution in [0, 0.1) is 0 Å². The number of imidazole rings is 1. The largest absolute Gasteiger partial charge is 0.381 e. The van der Waals surface area contributed by atoms with E-state index in [4.69, 9.17) is 4.74 Å². The minimum Gasteiger partial charge on any atom is -0.381 e. The van der Waals surface area contributed by atoms with Gasteiger partial charge in [-0.3, -0.25) is 9.48 Å². The quantitative estimate of drug-likeness (QED) is 0.640. The highest BCUT2D eigenvalue weighted by Gasteiger charge is 2.23. The van der Waals surface area contributed by atoms with Gasteiger partial charge in [0.15, 0.2) is 5.65 Å². The second-order valence-electron chi connectivity index (χ2n) is 7.79. The molecule has 0 unspecified atom stereocenters. The number of rotatable bonds is 6. The minimum absolute atomic E-state index is 0.0423. The number of pyridine rings is 1. The number of amides is 1. The van der Waals surface area contributed by atoms with Crippen LogP contribution in [0.5, 0.6) is 0 Å². The van der Waals surface area contributed by atoms with Gasteiger partial charge in [-0.1, -0.05) is 0 Å². The fourth-order valence-corrected chi connectivity index (χ4v) is 3.78. The highest BCUT2D eigenvalue weighted by molar-refractivity contribution is 5.96. The van der Waals surface area contributed by atoms with Gasteiger partial charge in [0.2, 0.25) is 0 Å². The zero-order chi connectivity index (χ0) is 20.4. The van der Waals surface area contributed by atoms with Crippen LogP contribution in [0.25, 0.3) is 11.2 Å². The van der Waals surface area contributed by atoms with Gasteiger partial charge in [0.05, 0.1) is 18.1 Å². The molecule has 8 heteroatoms. The third kappa shape index (κ3) is 4.03. The summed E-state index contributed by atoms with van der Waals surface area (Å²) >= 11 is 0. The maximum absolute atomic E-state index is 13.2. The standard InChI is InChI=1S/C21H28N6O2/c1-4-25-12-16(10-24-25)13-26(15(2)3)21(28)17-9-19-20(22-11-17)27(14-23-19)18-5-7-29-8-6-18/h9-12,14-15,18H,4-8,13H2,1-3H3. The summed E-state index contributed by atoms with van der Waals surface area (Å²) in [5.41, 5.74) is 3.16. The first-order valence-corrected chi connectivity index (χ1v) is 10.3. The maximum Gasteiger partial charge on any atom is 0.256 e. The predicted molar refractivity (Wildman–Crippen MR) is 110 cm³/mol. The summed E-state index contributed by atoms with van der Waals surface area (Å²) < 4.78 is 9.44.